The van der Waals surface area contributed by atoms with Crippen LogP contribution < -0.4 is 5.32 Å². The molecule has 0 aliphatic carbocycles. The van der Waals surface area contributed by atoms with Crippen molar-refractivity contribution in [3.8, 4) is 0 Å². The fourth-order valence-electron chi connectivity index (χ4n) is 1.71. The number of amides is 1. The maximum Gasteiger partial charge on any atom is 0.265 e. The summed E-state index contributed by atoms with van der Waals surface area (Å²) in [5.41, 5.74) is 1.75. The van der Waals surface area contributed by atoms with Crippen LogP contribution in [0.1, 0.15) is 40.8 Å². The van der Waals surface area contributed by atoms with Crippen LogP contribution in [0.2, 0.25) is 5.02 Å². The van der Waals surface area contributed by atoms with Crippen LogP contribution in [0.25, 0.3) is 0 Å². The number of carbonyl (C=O) groups excluding carboxylic acids is 1. The molecule has 2 rings (SSSR count). The van der Waals surface area contributed by atoms with Gasteiger partial charge in [-0.1, -0.05) is 35.1 Å². The lowest BCUT2D eigenvalue weighted by Gasteiger charge is -2.13. The van der Waals surface area contributed by atoms with Crippen molar-refractivity contribution in [2.45, 2.75) is 26.3 Å². The smallest absolute Gasteiger partial charge is 0.265 e. The van der Waals surface area contributed by atoms with Crippen LogP contribution in [-0.2, 0) is 6.42 Å². The lowest BCUT2D eigenvalue weighted by atomic mass is 10.1. The second-order valence-corrected chi connectivity index (χ2v) is 5.34. The molecule has 0 spiro atoms. The van der Waals surface area contributed by atoms with E-state index in [2.05, 4.69) is 14.9 Å². The molecule has 1 heterocycles. The van der Waals surface area contributed by atoms with Gasteiger partial charge in [0.15, 0.2) is 0 Å². The molecule has 1 aromatic carbocycles. The van der Waals surface area contributed by atoms with Crippen LogP contribution in [0.15, 0.2) is 24.3 Å². The number of hydrogen-bond acceptors (Lipinski definition) is 4. The molecule has 1 N–H and O–H groups in total. The molecule has 0 unspecified atom stereocenters. The molecular formula is C13H14ClN3OS. The Morgan fingerprint density at radius 2 is 2.11 bits per heavy atom. The standard InChI is InChI=1S/C13H14ClN3OS/c1-3-11-12(19-17-16-11)13(18)15-8(2)9-4-6-10(14)7-5-9/h4-8H,3H2,1-2H3,(H,15,18)/t8-/m0/s1. The number of nitrogens with zero attached hydrogens (tertiary/aromatic N) is 2. The summed E-state index contributed by atoms with van der Waals surface area (Å²) in [6.45, 7) is 3.89. The van der Waals surface area contributed by atoms with Crippen LogP contribution in [-0.4, -0.2) is 15.5 Å². The second-order valence-electron chi connectivity index (χ2n) is 4.15. The van der Waals surface area contributed by atoms with Crippen molar-refractivity contribution in [3.63, 3.8) is 0 Å². The molecule has 0 saturated heterocycles. The number of halogens is 1. The third-order valence-electron chi connectivity index (χ3n) is 2.81. The first kappa shape index (κ1) is 14.0. The average Bonchev–Trinajstić information content (AvgIpc) is 2.87. The van der Waals surface area contributed by atoms with Crippen LogP contribution in [0.5, 0.6) is 0 Å². The SMILES string of the molecule is CCc1nnsc1C(=O)N[C@@H](C)c1ccc(Cl)cc1. The van der Waals surface area contributed by atoms with E-state index in [-0.39, 0.29) is 11.9 Å². The summed E-state index contributed by atoms with van der Waals surface area (Å²) in [7, 11) is 0. The first-order valence-corrected chi connectivity index (χ1v) is 7.14. The average molecular weight is 296 g/mol. The first-order valence-electron chi connectivity index (χ1n) is 5.99. The molecule has 2 aromatic rings. The number of benzene rings is 1. The molecule has 1 atom stereocenters. The number of carbonyl (C=O) groups is 1. The van der Waals surface area contributed by atoms with E-state index in [1.54, 1.807) is 0 Å². The highest BCUT2D eigenvalue weighted by Crippen LogP contribution is 2.18. The van der Waals surface area contributed by atoms with E-state index in [4.69, 9.17) is 11.6 Å². The highest BCUT2D eigenvalue weighted by molar-refractivity contribution is 7.08. The summed E-state index contributed by atoms with van der Waals surface area (Å²) in [5.74, 6) is -0.130. The summed E-state index contributed by atoms with van der Waals surface area (Å²) < 4.78 is 3.82. The zero-order chi connectivity index (χ0) is 13.8. The molecule has 0 aliphatic heterocycles. The first-order chi connectivity index (χ1) is 9.11. The Morgan fingerprint density at radius 3 is 2.74 bits per heavy atom. The zero-order valence-corrected chi connectivity index (χ0v) is 12.3. The maximum absolute atomic E-state index is 12.1. The van der Waals surface area contributed by atoms with Gasteiger partial charge in [-0.05, 0) is 42.6 Å². The van der Waals surface area contributed by atoms with Gasteiger partial charge in [-0.2, -0.15) is 0 Å². The van der Waals surface area contributed by atoms with E-state index in [0.29, 0.717) is 16.3 Å². The Hall–Kier alpha value is -1.46. The summed E-state index contributed by atoms with van der Waals surface area (Å²) in [4.78, 5) is 12.7. The van der Waals surface area contributed by atoms with Gasteiger partial charge >= 0.3 is 0 Å². The van der Waals surface area contributed by atoms with E-state index in [0.717, 1.165) is 22.8 Å². The quantitative estimate of drug-likeness (QED) is 0.942. The van der Waals surface area contributed by atoms with Gasteiger partial charge in [0, 0.05) is 5.02 Å². The van der Waals surface area contributed by atoms with Gasteiger partial charge < -0.3 is 5.32 Å². The number of nitrogens with one attached hydrogen (secondary N) is 1. The van der Waals surface area contributed by atoms with Crippen molar-refractivity contribution in [1.82, 2.24) is 14.9 Å². The molecule has 6 heteroatoms. The Bertz CT molecular complexity index is 568. The monoisotopic (exact) mass is 295 g/mol. The van der Waals surface area contributed by atoms with Gasteiger partial charge in [0.05, 0.1) is 11.7 Å². The molecule has 100 valence electrons. The predicted molar refractivity (Wildman–Crippen MR) is 76.6 cm³/mol. The largest absolute Gasteiger partial charge is 0.345 e. The van der Waals surface area contributed by atoms with E-state index >= 15 is 0 Å². The highest BCUT2D eigenvalue weighted by atomic mass is 35.5. The molecule has 0 bridgehead atoms. The normalized spacial score (nSPS) is 12.2. The van der Waals surface area contributed by atoms with Crippen LogP contribution in [0.4, 0.5) is 0 Å². The van der Waals surface area contributed by atoms with Crippen molar-refractivity contribution < 1.29 is 4.79 Å². The van der Waals surface area contributed by atoms with Gasteiger partial charge in [0.1, 0.15) is 4.88 Å². The van der Waals surface area contributed by atoms with Crippen LogP contribution in [0, 0.1) is 0 Å². The molecule has 0 saturated carbocycles. The van der Waals surface area contributed by atoms with Crippen molar-refractivity contribution in [1.29, 1.82) is 0 Å². The van der Waals surface area contributed by atoms with Crippen molar-refractivity contribution in [2.24, 2.45) is 0 Å². The maximum atomic E-state index is 12.1. The number of rotatable bonds is 4. The lowest BCUT2D eigenvalue weighted by Crippen LogP contribution is -2.26. The van der Waals surface area contributed by atoms with Crippen molar-refractivity contribution >= 4 is 29.0 Å². The van der Waals surface area contributed by atoms with E-state index in [9.17, 15) is 4.79 Å². The zero-order valence-electron chi connectivity index (χ0n) is 10.7. The predicted octanol–water partition coefficient (Wildman–Crippen LogP) is 3.24. The molecule has 4 nitrogen and oxygen atoms in total. The van der Waals surface area contributed by atoms with Gasteiger partial charge in [0.25, 0.3) is 5.91 Å². The molecule has 0 fully saturated rings. The number of hydrogen-bond donors (Lipinski definition) is 1. The van der Waals surface area contributed by atoms with E-state index < -0.39 is 0 Å². The molecule has 1 amide bonds. The van der Waals surface area contributed by atoms with Crippen molar-refractivity contribution in [3.05, 3.63) is 45.4 Å². The third kappa shape index (κ3) is 3.30. The highest BCUT2D eigenvalue weighted by Gasteiger charge is 2.17. The second kappa shape index (κ2) is 6.12. The molecule has 0 radical (unpaired) electrons. The molecule has 19 heavy (non-hydrogen) atoms. The topological polar surface area (TPSA) is 54.9 Å². The Morgan fingerprint density at radius 1 is 1.42 bits per heavy atom. The number of aryl methyl sites for hydroxylation is 1. The Balaban J connectivity index is 2.08. The van der Waals surface area contributed by atoms with Crippen LogP contribution >= 0.6 is 23.1 Å². The summed E-state index contributed by atoms with van der Waals surface area (Å²) >= 11 is 6.97. The Kier molecular flexibility index (Phi) is 4.50. The van der Waals surface area contributed by atoms with Gasteiger partial charge in [-0.15, -0.1) is 5.10 Å². The van der Waals surface area contributed by atoms with E-state index in [1.807, 2.05) is 38.1 Å². The lowest BCUT2D eigenvalue weighted by molar-refractivity contribution is 0.0943. The fraction of sp³-hybridized carbons (Fsp3) is 0.308. The summed E-state index contributed by atoms with van der Waals surface area (Å²) in [6, 6.07) is 7.34. The van der Waals surface area contributed by atoms with Crippen molar-refractivity contribution in [2.75, 3.05) is 0 Å². The summed E-state index contributed by atoms with van der Waals surface area (Å²) in [6.07, 6.45) is 0.703. The molecule has 1 aromatic heterocycles. The third-order valence-corrected chi connectivity index (χ3v) is 3.83. The van der Waals surface area contributed by atoms with E-state index in [1.165, 1.54) is 0 Å². The Labute approximate surface area is 121 Å². The molecular weight excluding hydrogens is 282 g/mol. The number of aromatic nitrogens is 2. The molecule has 0 aliphatic rings. The minimum atomic E-state index is -0.130. The minimum absolute atomic E-state index is 0.0865. The van der Waals surface area contributed by atoms with Gasteiger partial charge in [-0.3, -0.25) is 4.79 Å². The van der Waals surface area contributed by atoms with Gasteiger partial charge in [-0.25, -0.2) is 0 Å². The fourth-order valence-corrected chi connectivity index (χ4v) is 2.49. The minimum Gasteiger partial charge on any atom is -0.345 e. The van der Waals surface area contributed by atoms with Gasteiger partial charge in [0.2, 0.25) is 0 Å². The summed E-state index contributed by atoms with van der Waals surface area (Å²) in [5, 5.41) is 7.56. The van der Waals surface area contributed by atoms with Crippen LogP contribution in [0.3, 0.4) is 0 Å².